The van der Waals surface area contributed by atoms with E-state index in [1.54, 1.807) is 0 Å². The molecule has 0 bridgehead atoms. The van der Waals surface area contributed by atoms with Gasteiger partial charge in [0.15, 0.2) is 0 Å². The standard InChI is InChI=1S/C12H24N2O/c1-3-15-11-6-10(7-11)14-8-12(2,13)9-4-5-9/h9-11,14H,3-8,13H2,1-2H3. The largest absolute Gasteiger partial charge is 0.378 e. The third kappa shape index (κ3) is 2.92. The molecule has 1 atom stereocenters. The van der Waals surface area contributed by atoms with Crippen molar-refractivity contribution in [1.82, 2.24) is 5.32 Å². The van der Waals surface area contributed by atoms with E-state index in [1.807, 2.05) is 0 Å². The second-order valence-corrected chi connectivity index (χ2v) is 5.41. The van der Waals surface area contributed by atoms with Gasteiger partial charge >= 0.3 is 0 Å². The van der Waals surface area contributed by atoms with E-state index in [2.05, 4.69) is 19.2 Å². The van der Waals surface area contributed by atoms with Gasteiger partial charge in [-0.1, -0.05) is 0 Å². The zero-order valence-corrected chi connectivity index (χ0v) is 9.96. The number of nitrogens with one attached hydrogen (secondary N) is 1. The molecule has 0 heterocycles. The van der Waals surface area contributed by atoms with Crippen LogP contribution in [0.4, 0.5) is 0 Å². The Morgan fingerprint density at radius 3 is 2.60 bits per heavy atom. The fourth-order valence-corrected chi connectivity index (χ4v) is 2.36. The summed E-state index contributed by atoms with van der Waals surface area (Å²) < 4.78 is 5.53. The molecule has 2 aliphatic carbocycles. The fraction of sp³-hybridized carbons (Fsp3) is 1.00. The van der Waals surface area contributed by atoms with Crippen molar-refractivity contribution in [2.75, 3.05) is 13.2 Å². The third-order valence-electron chi connectivity index (χ3n) is 3.78. The molecular weight excluding hydrogens is 188 g/mol. The lowest BCUT2D eigenvalue weighted by molar-refractivity contribution is -0.0110. The van der Waals surface area contributed by atoms with Crippen LogP contribution in [0.25, 0.3) is 0 Å². The minimum Gasteiger partial charge on any atom is -0.378 e. The predicted octanol–water partition coefficient (Wildman–Crippen LogP) is 1.27. The molecule has 88 valence electrons. The molecule has 0 aliphatic heterocycles. The third-order valence-corrected chi connectivity index (χ3v) is 3.78. The summed E-state index contributed by atoms with van der Waals surface area (Å²) >= 11 is 0. The Labute approximate surface area is 92.7 Å². The molecule has 0 saturated heterocycles. The lowest BCUT2D eigenvalue weighted by Crippen LogP contribution is -2.54. The van der Waals surface area contributed by atoms with Crippen LogP contribution in [0.1, 0.15) is 39.5 Å². The molecule has 3 heteroatoms. The molecular formula is C12H24N2O. The Bertz CT molecular complexity index is 208. The molecule has 0 radical (unpaired) electrons. The Morgan fingerprint density at radius 2 is 2.07 bits per heavy atom. The van der Waals surface area contributed by atoms with Gasteiger partial charge in [0.05, 0.1) is 6.10 Å². The maximum absolute atomic E-state index is 6.25. The molecule has 0 aromatic heterocycles. The SMILES string of the molecule is CCOC1CC(NCC(C)(N)C2CC2)C1. The van der Waals surface area contributed by atoms with E-state index in [0.29, 0.717) is 12.1 Å². The Kier molecular flexibility index (Phi) is 3.33. The molecule has 3 N–H and O–H groups in total. The van der Waals surface area contributed by atoms with Crippen LogP contribution in [0.3, 0.4) is 0 Å². The fourth-order valence-electron chi connectivity index (χ4n) is 2.36. The van der Waals surface area contributed by atoms with Crippen LogP contribution in [-0.2, 0) is 4.74 Å². The normalized spacial score (nSPS) is 34.6. The van der Waals surface area contributed by atoms with Crippen molar-refractivity contribution in [3.05, 3.63) is 0 Å². The predicted molar refractivity (Wildman–Crippen MR) is 61.8 cm³/mol. The average molecular weight is 212 g/mol. The van der Waals surface area contributed by atoms with Crippen LogP contribution < -0.4 is 11.1 Å². The van der Waals surface area contributed by atoms with Gasteiger partial charge in [-0.2, -0.15) is 0 Å². The van der Waals surface area contributed by atoms with Gasteiger partial charge in [0.2, 0.25) is 0 Å². The summed E-state index contributed by atoms with van der Waals surface area (Å²) in [6.45, 7) is 6.04. The van der Waals surface area contributed by atoms with E-state index < -0.39 is 0 Å². The summed E-state index contributed by atoms with van der Waals surface area (Å²) in [4.78, 5) is 0. The van der Waals surface area contributed by atoms with Crippen molar-refractivity contribution in [2.45, 2.75) is 57.2 Å². The molecule has 2 fully saturated rings. The maximum Gasteiger partial charge on any atom is 0.0604 e. The summed E-state index contributed by atoms with van der Waals surface area (Å²) in [5.41, 5.74) is 6.26. The first-order valence-electron chi connectivity index (χ1n) is 6.25. The highest BCUT2D eigenvalue weighted by Crippen LogP contribution is 2.38. The molecule has 15 heavy (non-hydrogen) atoms. The van der Waals surface area contributed by atoms with Gasteiger partial charge in [-0.05, 0) is 45.4 Å². The minimum atomic E-state index is 0.0106. The Hall–Kier alpha value is -0.120. The highest BCUT2D eigenvalue weighted by atomic mass is 16.5. The number of nitrogens with two attached hydrogens (primary N) is 1. The van der Waals surface area contributed by atoms with Gasteiger partial charge < -0.3 is 15.8 Å². The van der Waals surface area contributed by atoms with Gasteiger partial charge in [-0.15, -0.1) is 0 Å². The first kappa shape index (κ1) is 11.4. The van der Waals surface area contributed by atoms with Crippen molar-refractivity contribution in [1.29, 1.82) is 0 Å². The van der Waals surface area contributed by atoms with Gasteiger partial charge in [-0.3, -0.25) is 0 Å². The van der Waals surface area contributed by atoms with Crippen molar-refractivity contribution < 1.29 is 4.74 Å². The van der Waals surface area contributed by atoms with Gasteiger partial charge in [0.25, 0.3) is 0 Å². The summed E-state index contributed by atoms with van der Waals surface area (Å²) in [6.07, 6.45) is 5.46. The van der Waals surface area contributed by atoms with Crippen LogP contribution in [0, 0.1) is 5.92 Å². The molecule has 0 amide bonds. The Balaban J connectivity index is 1.59. The molecule has 0 spiro atoms. The minimum absolute atomic E-state index is 0.0106. The van der Waals surface area contributed by atoms with Crippen LogP contribution >= 0.6 is 0 Å². The molecule has 0 aromatic carbocycles. The lowest BCUT2D eigenvalue weighted by atomic mass is 9.88. The van der Waals surface area contributed by atoms with Gasteiger partial charge in [0, 0.05) is 24.7 Å². The molecule has 1 unspecified atom stereocenters. The smallest absolute Gasteiger partial charge is 0.0604 e. The van der Waals surface area contributed by atoms with Crippen LogP contribution in [0.15, 0.2) is 0 Å². The van der Waals surface area contributed by atoms with Crippen LogP contribution in [0.5, 0.6) is 0 Å². The van der Waals surface area contributed by atoms with E-state index >= 15 is 0 Å². The summed E-state index contributed by atoms with van der Waals surface area (Å²) in [7, 11) is 0. The first-order chi connectivity index (χ1) is 7.12. The average Bonchev–Trinajstić information content (AvgIpc) is 2.91. The van der Waals surface area contributed by atoms with Crippen LogP contribution in [-0.4, -0.2) is 30.8 Å². The van der Waals surface area contributed by atoms with Crippen molar-refractivity contribution >= 4 is 0 Å². The highest BCUT2D eigenvalue weighted by Gasteiger charge is 2.39. The van der Waals surface area contributed by atoms with E-state index in [9.17, 15) is 0 Å². The number of ether oxygens (including phenoxy) is 1. The monoisotopic (exact) mass is 212 g/mol. The van der Waals surface area contributed by atoms with Gasteiger partial charge in [0.1, 0.15) is 0 Å². The quantitative estimate of drug-likeness (QED) is 0.697. The number of hydrogen-bond acceptors (Lipinski definition) is 3. The molecule has 2 aliphatic rings. The summed E-state index contributed by atoms with van der Waals surface area (Å²) in [5.74, 6) is 0.757. The van der Waals surface area contributed by atoms with Crippen LogP contribution in [0.2, 0.25) is 0 Å². The molecule has 2 rings (SSSR count). The zero-order chi connectivity index (χ0) is 10.9. The zero-order valence-electron chi connectivity index (χ0n) is 9.96. The highest BCUT2D eigenvalue weighted by molar-refractivity contribution is 4.98. The topological polar surface area (TPSA) is 47.3 Å². The van der Waals surface area contributed by atoms with Crippen molar-refractivity contribution in [2.24, 2.45) is 11.7 Å². The molecule has 2 saturated carbocycles. The summed E-state index contributed by atoms with van der Waals surface area (Å²) in [5, 5.41) is 3.56. The second-order valence-electron chi connectivity index (χ2n) is 5.41. The van der Waals surface area contributed by atoms with E-state index in [4.69, 9.17) is 10.5 Å². The van der Waals surface area contributed by atoms with E-state index in [-0.39, 0.29) is 5.54 Å². The number of hydrogen-bond donors (Lipinski definition) is 2. The van der Waals surface area contributed by atoms with Crippen molar-refractivity contribution in [3.63, 3.8) is 0 Å². The maximum atomic E-state index is 6.25. The molecule has 0 aromatic rings. The van der Waals surface area contributed by atoms with Crippen molar-refractivity contribution in [3.8, 4) is 0 Å². The lowest BCUT2D eigenvalue weighted by Gasteiger charge is -2.38. The Morgan fingerprint density at radius 1 is 1.40 bits per heavy atom. The first-order valence-corrected chi connectivity index (χ1v) is 6.25. The molecule has 3 nitrogen and oxygen atoms in total. The summed E-state index contributed by atoms with van der Waals surface area (Å²) in [6, 6.07) is 0.642. The van der Waals surface area contributed by atoms with E-state index in [1.165, 1.54) is 12.8 Å². The van der Waals surface area contributed by atoms with Gasteiger partial charge in [-0.25, -0.2) is 0 Å². The number of rotatable bonds is 6. The second kappa shape index (κ2) is 4.40. The van der Waals surface area contributed by atoms with E-state index in [0.717, 1.165) is 31.9 Å².